The normalized spacial score (nSPS) is 12.9. The number of nitrogens with one attached hydrogen (secondary N) is 2. The predicted molar refractivity (Wildman–Crippen MR) is 143 cm³/mol. The molecule has 1 aromatic rings. The molecule has 1 atom stereocenters. The van der Waals surface area contributed by atoms with Gasteiger partial charge >= 0.3 is 0 Å². The highest BCUT2D eigenvalue weighted by atomic mass is 127. The van der Waals surface area contributed by atoms with Crippen molar-refractivity contribution in [2.45, 2.75) is 38.1 Å². The molecule has 8 heteroatoms. The van der Waals surface area contributed by atoms with E-state index in [0.717, 1.165) is 37.6 Å². The molecule has 0 saturated carbocycles. The summed E-state index contributed by atoms with van der Waals surface area (Å²) in [6, 6.07) is 7.33. The highest BCUT2D eigenvalue weighted by Crippen LogP contribution is 2.12. The molecule has 0 saturated heterocycles. The van der Waals surface area contributed by atoms with Gasteiger partial charge in [0.05, 0.1) is 11.4 Å². The summed E-state index contributed by atoms with van der Waals surface area (Å²) in [5.74, 6) is 1.23. The van der Waals surface area contributed by atoms with Gasteiger partial charge in [-0.15, -0.1) is 37.1 Å². The van der Waals surface area contributed by atoms with Gasteiger partial charge in [0.2, 0.25) is 0 Å². The Labute approximate surface area is 206 Å². The second kappa shape index (κ2) is 15.4. The van der Waals surface area contributed by atoms with Gasteiger partial charge in [-0.2, -0.15) is 0 Å². The predicted octanol–water partition coefficient (Wildman–Crippen LogP) is 3.50. The van der Waals surface area contributed by atoms with Crippen LogP contribution in [0.3, 0.4) is 0 Å². The third-order valence-electron chi connectivity index (χ3n) is 4.80. The largest absolute Gasteiger partial charge is 0.357 e. The SMILES string of the molecule is C=CCN(CC=C)C(CN=C(NCC)NCCc1ccc(S(C)(=O)=O)cc1)C(C)C.I. The third-order valence-corrected chi connectivity index (χ3v) is 5.93. The molecule has 0 heterocycles. The second-order valence-electron chi connectivity index (χ2n) is 7.66. The fourth-order valence-electron chi connectivity index (χ4n) is 3.18. The first-order valence-corrected chi connectivity index (χ1v) is 12.4. The first kappa shape index (κ1) is 29.6. The van der Waals surface area contributed by atoms with Crippen LogP contribution in [-0.2, 0) is 16.3 Å². The van der Waals surface area contributed by atoms with Gasteiger partial charge in [-0.1, -0.05) is 38.1 Å². The van der Waals surface area contributed by atoms with E-state index >= 15 is 0 Å². The molecule has 6 nitrogen and oxygen atoms in total. The molecule has 1 aromatic carbocycles. The zero-order valence-corrected chi connectivity index (χ0v) is 22.4. The molecular formula is C23H39IN4O2S. The van der Waals surface area contributed by atoms with Gasteiger partial charge in [-0.3, -0.25) is 9.89 Å². The van der Waals surface area contributed by atoms with E-state index in [0.29, 0.717) is 29.9 Å². The van der Waals surface area contributed by atoms with E-state index in [1.807, 2.05) is 31.2 Å². The van der Waals surface area contributed by atoms with Crippen molar-refractivity contribution in [3.63, 3.8) is 0 Å². The summed E-state index contributed by atoms with van der Waals surface area (Å²) in [7, 11) is -3.16. The summed E-state index contributed by atoms with van der Waals surface area (Å²) in [5, 5.41) is 6.67. The molecular weight excluding hydrogens is 523 g/mol. The van der Waals surface area contributed by atoms with Crippen molar-refractivity contribution < 1.29 is 8.42 Å². The van der Waals surface area contributed by atoms with E-state index in [1.165, 1.54) is 6.26 Å². The van der Waals surface area contributed by atoms with Crippen LogP contribution < -0.4 is 10.6 Å². The third kappa shape index (κ3) is 11.2. The van der Waals surface area contributed by atoms with Gasteiger partial charge < -0.3 is 10.6 Å². The lowest BCUT2D eigenvalue weighted by Gasteiger charge is -2.32. The van der Waals surface area contributed by atoms with E-state index in [2.05, 4.69) is 42.5 Å². The summed E-state index contributed by atoms with van der Waals surface area (Å²) in [6.45, 7) is 18.0. The Bertz CT molecular complexity index is 782. The van der Waals surface area contributed by atoms with Crippen LogP contribution >= 0.6 is 24.0 Å². The molecule has 31 heavy (non-hydrogen) atoms. The summed E-state index contributed by atoms with van der Waals surface area (Å²) in [5.41, 5.74) is 1.08. The Hall–Kier alpha value is -1.39. The minimum atomic E-state index is -3.16. The topological polar surface area (TPSA) is 73.8 Å². The Balaban J connectivity index is 0.00000900. The van der Waals surface area contributed by atoms with Crippen LogP contribution in [0, 0.1) is 5.92 Å². The molecule has 1 rings (SSSR count). The number of guanidine groups is 1. The van der Waals surface area contributed by atoms with Crippen LogP contribution in [0.1, 0.15) is 26.3 Å². The second-order valence-corrected chi connectivity index (χ2v) is 9.67. The van der Waals surface area contributed by atoms with Gasteiger partial charge in [0, 0.05) is 38.5 Å². The molecule has 0 aromatic heterocycles. The molecule has 0 amide bonds. The Morgan fingerprint density at radius 1 is 1.13 bits per heavy atom. The molecule has 0 aliphatic heterocycles. The fourth-order valence-corrected chi connectivity index (χ4v) is 3.81. The number of nitrogens with zero attached hydrogens (tertiary/aromatic N) is 2. The number of aliphatic imine (C=N–C) groups is 1. The first-order chi connectivity index (χ1) is 14.2. The summed E-state index contributed by atoms with van der Waals surface area (Å²) in [6.07, 6.45) is 5.84. The maximum atomic E-state index is 11.6. The average Bonchev–Trinajstić information content (AvgIpc) is 2.68. The monoisotopic (exact) mass is 562 g/mol. The van der Waals surface area contributed by atoms with E-state index in [9.17, 15) is 8.42 Å². The van der Waals surface area contributed by atoms with Crippen molar-refractivity contribution in [3.05, 3.63) is 55.1 Å². The lowest BCUT2D eigenvalue weighted by Crippen LogP contribution is -2.43. The number of hydrogen-bond acceptors (Lipinski definition) is 4. The summed E-state index contributed by atoms with van der Waals surface area (Å²) >= 11 is 0. The Morgan fingerprint density at radius 3 is 2.16 bits per heavy atom. The molecule has 2 N–H and O–H groups in total. The molecule has 176 valence electrons. The zero-order chi connectivity index (χ0) is 22.6. The van der Waals surface area contributed by atoms with Crippen LogP contribution in [0.5, 0.6) is 0 Å². The molecule has 0 aliphatic rings. The van der Waals surface area contributed by atoms with Crippen LogP contribution in [-0.4, -0.2) is 64.3 Å². The van der Waals surface area contributed by atoms with Crippen LogP contribution in [0.2, 0.25) is 0 Å². The average molecular weight is 563 g/mol. The zero-order valence-electron chi connectivity index (χ0n) is 19.3. The van der Waals surface area contributed by atoms with Gasteiger partial charge in [0.15, 0.2) is 15.8 Å². The number of halogens is 1. The maximum absolute atomic E-state index is 11.6. The number of rotatable bonds is 13. The lowest BCUT2D eigenvalue weighted by molar-refractivity contribution is 0.195. The minimum Gasteiger partial charge on any atom is -0.357 e. The van der Waals surface area contributed by atoms with Crippen molar-refractivity contribution in [1.82, 2.24) is 15.5 Å². The Kier molecular flexibility index (Phi) is 14.7. The lowest BCUT2D eigenvalue weighted by atomic mass is 10.0. The van der Waals surface area contributed by atoms with Crippen LogP contribution in [0.15, 0.2) is 59.5 Å². The highest BCUT2D eigenvalue weighted by molar-refractivity contribution is 14.0. The van der Waals surface area contributed by atoms with Gasteiger partial charge in [0.1, 0.15) is 0 Å². The first-order valence-electron chi connectivity index (χ1n) is 10.5. The van der Waals surface area contributed by atoms with Crippen molar-refractivity contribution in [2.24, 2.45) is 10.9 Å². The van der Waals surface area contributed by atoms with E-state index in [4.69, 9.17) is 4.99 Å². The molecule has 0 spiro atoms. The van der Waals surface area contributed by atoms with Crippen molar-refractivity contribution in [3.8, 4) is 0 Å². The standard InChI is InChI=1S/C23H38N4O2S.HI/c1-7-16-27(17-8-2)22(19(4)5)18-26-23(24-9-3)25-15-14-20-10-12-21(13-11-20)30(6,28)29;/h7-8,10-13,19,22H,1-2,9,14-18H2,3-6H3,(H2,24,25,26);1H. The van der Waals surface area contributed by atoms with Crippen LogP contribution in [0.4, 0.5) is 0 Å². The number of sulfone groups is 1. The summed E-state index contributed by atoms with van der Waals surface area (Å²) < 4.78 is 23.1. The van der Waals surface area contributed by atoms with Gasteiger partial charge in [-0.25, -0.2) is 8.42 Å². The Morgan fingerprint density at radius 2 is 1.71 bits per heavy atom. The van der Waals surface area contributed by atoms with Crippen LogP contribution in [0.25, 0.3) is 0 Å². The molecule has 0 radical (unpaired) electrons. The quantitative estimate of drug-likeness (QED) is 0.167. The molecule has 0 bridgehead atoms. The van der Waals surface area contributed by atoms with E-state index < -0.39 is 9.84 Å². The number of benzene rings is 1. The van der Waals surface area contributed by atoms with Crippen molar-refractivity contribution in [2.75, 3.05) is 39.0 Å². The fraction of sp³-hybridized carbons (Fsp3) is 0.522. The molecule has 0 fully saturated rings. The van der Waals surface area contributed by atoms with E-state index in [1.54, 1.807) is 12.1 Å². The molecule has 1 unspecified atom stereocenters. The molecule has 0 aliphatic carbocycles. The number of hydrogen-bond donors (Lipinski definition) is 2. The van der Waals surface area contributed by atoms with Gasteiger partial charge in [0.25, 0.3) is 0 Å². The highest BCUT2D eigenvalue weighted by Gasteiger charge is 2.20. The van der Waals surface area contributed by atoms with E-state index in [-0.39, 0.29) is 24.0 Å². The van der Waals surface area contributed by atoms with Gasteiger partial charge in [-0.05, 0) is 37.0 Å². The van der Waals surface area contributed by atoms with Crippen molar-refractivity contribution >= 4 is 39.8 Å². The van der Waals surface area contributed by atoms with Crippen molar-refractivity contribution in [1.29, 1.82) is 0 Å². The minimum absolute atomic E-state index is 0. The maximum Gasteiger partial charge on any atom is 0.191 e. The smallest absolute Gasteiger partial charge is 0.191 e. The summed E-state index contributed by atoms with van der Waals surface area (Å²) in [4.78, 5) is 7.48.